The van der Waals surface area contributed by atoms with Gasteiger partial charge in [-0.2, -0.15) is 0 Å². The molecule has 0 bridgehead atoms. The maximum absolute atomic E-state index is 15.0. The normalized spacial score (nSPS) is 15.2. The molecule has 3 unspecified atom stereocenters. The van der Waals surface area contributed by atoms with Crippen LogP contribution in [0.4, 0.5) is 4.79 Å². The largest absolute Gasteiger partial charge is 0.459 e. The fourth-order valence-corrected chi connectivity index (χ4v) is 8.42. The SMILES string of the molecule is COP(=O)(C(Cc1ccccc1)NC(=O)OCC1c2ccccc2-c2ccccc21)C(Cc1ccccc1)C(=O)OC(C)(C)C. The molecule has 234 valence electrons. The average molecular weight is 626 g/mol. The van der Waals surface area contributed by atoms with Crippen molar-refractivity contribution in [1.29, 1.82) is 0 Å². The lowest BCUT2D eigenvalue weighted by atomic mass is 9.98. The number of hydrogen-bond acceptors (Lipinski definition) is 6. The van der Waals surface area contributed by atoms with E-state index >= 15 is 4.57 Å². The van der Waals surface area contributed by atoms with Gasteiger partial charge in [-0.1, -0.05) is 109 Å². The summed E-state index contributed by atoms with van der Waals surface area (Å²) >= 11 is 0. The number of carbonyl (C=O) groups excluding carboxylic acids is 2. The Morgan fingerprint density at radius 3 is 1.76 bits per heavy atom. The molecule has 4 aromatic rings. The number of ether oxygens (including phenoxy) is 2. The molecular formula is C37H40NO6P. The summed E-state index contributed by atoms with van der Waals surface area (Å²) in [5.41, 5.74) is 4.03. The highest BCUT2D eigenvalue weighted by atomic mass is 31.2. The zero-order valence-electron chi connectivity index (χ0n) is 26.1. The van der Waals surface area contributed by atoms with Gasteiger partial charge in [-0.05, 0) is 60.6 Å². The number of nitrogens with one attached hydrogen (secondary N) is 1. The van der Waals surface area contributed by atoms with Crippen molar-refractivity contribution >= 4 is 19.4 Å². The molecule has 1 aliphatic carbocycles. The first-order valence-corrected chi connectivity index (χ1v) is 16.9. The lowest BCUT2D eigenvalue weighted by Crippen LogP contribution is -2.43. The molecule has 0 saturated carbocycles. The van der Waals surface area contributed by atoms with Gasteiger partial charge in [-0.3, -0.25) is 9.36 Å². The summed E-state index contributed by atoms with van der Waals surface area (Å²) in [6.07, 6.45) is -0.472. The van der Waals surface area contributed by atoms with Gasteiger partial charge in [0.05, 0.1) is 0 Å². The minimum absolute atomic E-state index is 0.0920. The molecule has 0 fully saturated rings. The standard InChI is InChI=1S/C37H40NO6P/c1-37(2,3)44-35(39)33(23-26-15-7-5-8-16-26)45(41,42-4)34(24-27-17-9-6-10-18-27)38-36(40)43-25-32-30-21-13-11-19-28(30)29-20-12-14-22-31(29)32/h5-22,32-34H,23-25H2,1-4H3,(H,38,40). The van der Waals surface area contributed by atoms with Crippen LogP contribution in [0.5, 0.6) is 0 Å². The van der Waals surface area contributed by atoms with Crippen LogP contribution in [0.25, 0.3) is 11.1 Å². The van der Waals surface area contributed by atoms with E-state index in [1.54, 1.807) is 20.8 Å². The Hall–Kier alpha value is -4.19. The van der Waals surface area contributed by atoms with Gasteiger partial charge >= 0.3 is 12.1 Å². The summed E-state index contributed by atoms with van der Waals surface area (Å²) in [5, 5.41) is 2.86. The predicted octanol–water partition coefficient (Wildman–Crippen LogP) is 7.97. The van der Waals surface area contributed by atoms with E-state index < -0.39 is 36.5 Å². The fraction of sp³-hybridized carbons (Fsp3) is 0.297. The van der Waals surface area contributed by atoms with Crippen molar-refractivity contribution in [2.45, 2.75) is 56.6 Å². The number of benzene rings is 4. The topological polar surface area (TPSA) is 90.9 Å². The summed E-state index contributed by atoms with van der Waals surface area (Å²) in [4.78, 5) is 27.3. The molecule has 0 saturated heterocycles. The third kappa shape index (κ3) is 7.55. The van der Waals surface area contributed by atoms with Crippen LogP contribution in [0.1, 0.15) is 48.9 Å². The van der Waals surface area contributed by atoms with Crippen molar-refractivity contribution in [1.82, 2.24) is 5.32 Å². The van der Waals surface area contributed by atoms with Crippen LogP contribution in [0.2, 0.25) is 0 Å². The van der Waals surface area contributed by atoms with E-state index in [2.05, 4.69) is 17.4 Å². The van der Waals surface area contributed by atoms with Crippen LogP contribution in [0.15, 0.2) is 109 Å². The average Bonchev–Trinajstić information content (AvgIpc) is 3.35. The molecule has 0 spiro atoms. The van der Waals surface area contributed by atoms with Crippen LogP contribution in [0, 0.1) is 0 Å². The van der Waals surface area contributed by atoms with E-state index in [4.69, 9.17) is 14.0 Å². The number of esters is 1. The van der Waals surface area contributed by atoms with Gasteiger partial charge in [0, 0.05) is 19.4 Å². The zero-order chi connectivity index (χ0) is 32.0. The van der Waals surface area contributed by atoms with Gasteiger partial charge in [0.1, 0.15) is 23.6 Å². The lowest BCUT2D eigenvalue weighted by Gasteiger charge is -2.33. The van der Waals surface area contributed by atoms with Crippen molar-refractivity contribution in [2.24, 2.45) is 0 Å². The quantitative estimate of drug-likeness (QED) is 0.134. The van der Waals surface area contributed by atoms with Crippen molar-refractivity contribution < 1.29 is 28.2 Å². The zero-order valence-corrected chi connectivity index (χ0v) is 27.0. The summed E-state index contributed by atoms with van der Waals surface area (Å²) in [7, 11) is -2.67. The molecule has 4 aromatic carbocycles. The molecule has 0 aliphatic heterocycles. The van der Waals surface area contributed by atoms with Crippen molar-refractivity contribution in [3.63, 3.8) is 0 Å². The van der Waals surface area contributed by atoms with Gasteiger partial charge in [0.2, 0.25) is 7.37 Å². The molecule has 7 nitrogen and oxygen atoms in total. The van der Waals surface area contributed by atoms with Crippen LogP contribution in [-0.4, -0.2) is 42.8 Å². The summed E-state index contributed by atoms with van der Waals surface area (Å²) in [6.45, 7) is 5.38. The molecule has 0 radical (unpaired) electrons. The summed E-state index contributed by atoms with van der Waals surface area (Å²) in [5.74, 6) is -1.86. The molecule has 45 heavy (non-hydrogen) atoms. The maximum Gasteiger partial charge on any atom is 0.407 e. The highest BCUT2D eigenvalue weighted by molar-refractivity contribution is 7.61. The molecular weight excluding hydrogens is 585 g/mol. The lowest BCUT2D eigenvalue weighted by molar-refractivity contribution is -0.154. The van der Waals surface area contributed by atoms with Gasteiger partial charge in [0.15, 0.2) is 0 Å². The van der Waals surface area contributed by atoms with Crippen molar-refractivity contribution in [3.05, 3.63) is 131 Å². The van der Waals surface area contributed by atoms with E-state index in [0.717, 1.165) is 33.4 Å². The minimum Gasteiger partial charge on any atom is -0.459 e. The molecule has 5 rings (SSSR count). The second kappa shape index (κ2) is 13.8. The number of rotatable bonds is 11. The van der Waals surface area contributed by atoms with Gasteiger partial charge in [-0.25, -0.2) is 4.79 Å². The number of hydrogen-bond donors (Lipinski definition) is 1. The highest BCUT2D eigenvalue weighted by Crippen LogP contribution is 2.57. The first kappa shape index (κ1) is 32.2. The van der Waals surface area contributed by atoms with Gasteiger partial charge < -0.3 is 19.3 Å². The highest BCUT2D eigenvalue weighted by Gasteiger charge is 2.48. The van der Waals surface area contributed by atoms with Gasteiger partial charge in [-0.15, -0.1) is 0 Å². The first-order chi connectivity index (χ1) is 21.6. The molecule has 0 aromatic heterocycles. The predicted molar refractivity (Wildman–Crippen MR) is 177 cm³/mol. The smallest absolute Gasteiger partial charge is 0.407 e. The second-order valence-electron chi connectivity index (χ2n) is 12.2. The Morgan fingerprint density at radius 1 is 0.756 bits per heavy atom. The second-order valence-corrected chi connectivity index (χ2v) is 15.1. The van der Waals surface area contributed by atoms with E-state index in [9.17, 15) is 9.59 Å². The Morgan fingerprint density at radius 2 is 1.24 bits per heavy atom. The van der Waals surface area contributed by atoms with Crippen LogP contribution in [0.3, 0.4) is 0 Å². The molecule has 1 aliphatic rings. The van der Waals surface area contributed by atoms with Crippen molar-refractivity contribution in [3.8, 4) is 11.1 Å². The maximum atomic E-state index is 15.0. The van der Waals surface area contributed by atoms with Crippen LogP contribution in [-0.2, 0) is 36.2 Å². The number of carbonyl (C=O) groups is 2. The van der Waals surface area contributed by atoms with Crippen LogP contribution >= 0.6 is 7.37 Å². The Balaban J connectivity index is 1.43. The van der Waals surface area contributed by atoms with Gasteiger partial charge in [0.25, 0.3) is 0 Å². The summed E-state index contributed by atoms with van der Waals surface area (Å²) in [6, 6.07) is 34.9. The van der Waals surface area contributed by atoms with E-state index in [1.165, 1.54) is 7.11 Å². The third-order valence-electron chi connectivity index (χ3n) is 8.00. The Labute approximate surface area is 265 Å². The molecule has 1 N–H and O–H groups in total. The van der Waals surface area contributed by atoms with Crippen LogP contribution < -0.4 is 5.32 Å². The fourth-order valence-electron chi connectivity index (χ4n) is 5.92. The minimum atomic E-state index is -3.99. The van der Waals surface area contributed by atoms with Crippen molar-refractivity contribution in [2.75, 3.05) is 13.7 Å². The molecule has 1 amide bonds. The monoisotopic (exact) mass is 625 g/mol. The molecule has 3 atom stereocenters. The third-order valence-corrected chi connectivity index (χ3v) is 11.0. The first-order valence-electron chi connectivity index (χ1n) is 15.2. The number of fused-ring (bicyclic) bond motifs is 3. The van der Waals surface area contributed by atoms with E-state index in [1.807, 2.05) is 97.1 Å². The van der Waals surface area contributed by atoms with E-state index in [0.29, 0.717) is 0 Å². The number of alkyl carbamates (subject to hydrolysis) is 1. The summed E-state index contributed by atoms with van der Waals surface area (Å²) < 4.78 is 32.5. The Kier molecular flexibility index (Phi) is 9.91. The molecule has 0 heterocycles. The van der Waals surface area contributed by atoms with E-state index in [-0.39, 0.29) is 25.4 Å². The Bertz CT molecular complexity index is 1620. The molecule has 8 heteroatoms. The number of amides is 1.